The Morgan fingerprint density at radius 3 is 2.83 bits per heavy atom. The van der Waals surface area contributed by atoms with Crippen LogP contribution in [-0.4, -0.2) is 23.1 Å². The molecule has 0 saturated heterocycles. The maximum Gasteiger partial charge on any atom is 0.267 e. The highest BCUT2D eigenvalue weighted by molar-refractivity contribution is 5.99. The van der Waals surface area contributed by atoms with Crippen LogP contribution in [-0.2, 0) is 7.05 Å². The van der Waals surface area contributed by atoms with Crippen LogP contribution >= 0.6 is 0 Å². The van der Waals surface area contributed by atoms with E-state index in [0.29, 0.717) is 12.2 Å². The van der Waals surface area contributed by atoms with Crippen molar-refractivity contribution < 1.29 is 4.79 Å². The summed E-state index contributed by atoms with van der Waals surface area (Å²) in [7, 11) is 1.91. The van der Waals surface area contributed by atoms with Gasteiger partial charge in [-0.3, -0.25) is 4.79 Å². The van der Waals surface area contributed by atoms with Crippen molar-refractivity contribution >= 4 is 16.8 Å². The molecule has 18 heavy (non-hydrogen) atoms. The van der Waals surface area contributed by atoms with Crippen molar-refractivity contribution in [2.75, 3.05) is 6.54 Å². The van der Waals surface area contributed by atoms with E-state index in [1.807, 2.05) is 49.7 Å². The lowest BCUT2D eigenvalue weighted by molar-refractivity contribution is 0.0944. The van der Waals surface area contributed by atoms with E-state index in [2.05, 4.69) is 5.32 Å². The summed E-state index contributed by atoms with van der Waals surface area (Å²) in [6.07, 6.45) is 0. The van der Waals surface area contributed by atoms with Gasteiger partial charge in [0, 0.05) is 25.0 Å². The van der Waals surface area contributed by atoms with Gasteiger partial charge in [0.2, 0.25) is 0 Å². The first-order valence-electron chi connectivity index (χ1n) is 6.09. The van der Waals surface area contributed by atoms with Gasteiger partial charge < -0.3 is 15.6 Å². The first-order chi connectivity index (χ1) is 8.50. The molecule has 1 aromatic carbocycles. The first-order valence-corrected chi connectivity index (χ1v) is 6.09. The summed E-state index contributed by atoms with van der Waals surface area (Å²) in [4.78, 5) is 12.1. The van der Waals surface area contributed by atoms with E-state index in [4.69, 9.17) is 5.73 Å². The standard InChI is InChI=1S/C14H19N3O/c1-9-5-4-6-11-7-12(17(3)13(9)11)14(18)16-8-10(2)15/h4-7,10H,8,15H2,1-3H3,(H,16,18). The third-order valence-corrected chi connectivity index (χ3v) is 3.08. The molecule has 0 radical (unpaired) electrons. The molecule has 4 heteroatoms. The molecule has 2 rings (SSSR count). The van der Waals surface area contributed by atoms with Crippen molar-refractivity contribution in [3.05, 3.63) is 35.5 Å². The maximum absolute atomic E-state index is 12.1. The van der Waals surface area contributed by atoms with Crippen LogP contribution in [0, 0.1) is 6.92 Å². The van der Waals surface area contributed by atoms with Crippen LogP contribution in [0.25, 0.3) is 10.9 Å². The molecule has 0 spiro atoms. The zero-order valence-electron chi connectivity index (χ0n) is 11.0. The third kappa shape index (κ3) is 2.24. The highest BCUT2D eigenvalue weighted by Crippen LogP contribution is 2.21. The lowest BCUT2D eigenvalue weighted by Gasteiger charge is -2.09. The maximum atomic E-state index is 12.1. The Labute approximate surface area is 107 Å². The monoisotopic (exact) mass is 245 g/mol. The van der Waals surface area contributed by atoms with E-state index in [-0.39, 0.29) is 11.9 Å². The molecule has 0 aliphatic heterocycles. The fourth-order valence-corrected chi connectivity index (χ4v) is 2.18. The molecular formula is C14H19N3O. The van der Waals surface area contributed by atoms with Crippen molar-refractivity contribution in [2.24, 2.45) is 12.8 Å². The molecule has 2 aromatic rings. The minimum Gasteiger partial charge on any atom is -0.349 e. The summed E-state index contributed by atoms with van der Waals surface area (Å²) < 4.78 is 1.93. The van der Waals surface area contributed by atoms with Gasteiger partial charge in [-0.15, -0.1) is 0 Å². The smallest absolute Gasteiger partial charge is 0.267 e. The van der Waals surface area contributed by atoms with E-state index in [1.165, 1.54) is 5.56 Å². The number of rotatable bonds is 3. The first kappa shape index (κ1) is 12.6. The lowest BCUT2D eigenvalue weighted by atomic mass is 10.2. The van der Waals surface area contributed by atoms with Crippen molar-refractivity contribution in [2.45, 2.75) is 19.9 Å². The molecule has 96 valence electrons. The Morgan fingerprint density at radius 1 is 1.50 bits per heavy atom. The average Bonchev–Trinajstić information content (AvgIpc) is 2.65. The van der Waals surface area contributed by atoms with E-state index in [9.17, 15) is 4.79 Å². The largest absolute Gasteiger partial charge is 0.349 e. The molecule has 1 unspecified atom stereocenters. The second-order valence-corrected chi connectivity index (χ2v) is 4.79. The number of hydrogen-bond donors (Lipinski definition) is 2. The van der Waals surface area contributed by atoms with Crippen molar-refractivity contribution in [1.82, 2.24) is 9.88 Å². The average molecular weight is 245 g/mol. The molecule has 0 saturated carbocycles. The molecule has 0 aliphatic rings. The summed E-state index contributed by atoms with van der Waals surface area (Å²) in [5, 5.41) is 3.92. The quantitative estimate of drug-likeness (QED) is 0.862. The van der Waals surface area contributed by atoms with Gasteiger partial charge in [-0.05, 0) is 25.5 Å². The molecule has 4 nitrogen and oxygen atoms in total. The highest BCUT2D eigenvalue weighted by atomic mass is 16.1. The number of hydrogen-bond acceptors (Lipinski definition) is 2. The van der Waals surface area contributed by atoms with Crippen LogP contribution in [0.1, 0.15) is 23.0 Å². The molecule has 0 bridgehead atoms. The van der Waals surface area contributed by atoms with Crippen molar-refractivity contribution in [3.8, 4) is 0 Å². The number of aromatic nitrogens is 1. The minimum atomic E-state index is -0.0783. The second-order valence-electron chi connectivity index (χ2n) is 4.79. The SMILES string of the molecule is Cc1cccc2cc(C(=O)NCC(C)N)n(C)c12. The number of benzene rings is 1. The fraction of sp³-hybridized carbons (Fsp3) is 0.357. The number of carbonyl (C=O) groups is 1. The lowest BCUT2D eigenvalue weighted by Crippen LogP contribution is -2.35. The predicted octanol–water partition coefficient (Wildman–Crippen LogP) is 1.56. The minimum absolute atomic E-state index is 0.0367. The Morgan fingerprint density at radius 2 is 2.22 bits per heavy atom. The van der Waals surface area contributed by atoms with Gasteiger partial charge in [-0.1, -0.05) is 18.2 Å². The second kappa shape index (κ2) is 4.82. The van der Waals surface area contributed by atoms with Crippen LogP contribution < -0.4 is 11.1 Å². The summed E-state index contributed by atoms with van der Waals surface area (Å²) in [5.41, 5.74) is 8.57. The van der Waals surface area contributed by atoms with Crippen LogP contribution in [0.3, 0.4) is 0 Å². The normalized spacial score (nSPS) is 12.7. The Kier molecular flexibility index (Phi) is 3.39. The molecule has 1 amide bonds. The number of fused-ring (bicyclic) bond motifs is 1. The molecule has 1 atom stereocenters. The molecule has 0 aliphatic carbocycles. The number of nitrogens with two attached hydrogens (primary N) is 1. The van der Waals surface area contributed by atoms with Gasteiger partial charge >= 0.3 is 0 Å². The molecular weight excluding hydrogens is 226 g/mol. The van der Waals surface area contributed by atoms with Gasteiger partial charge in [0.15, 0.2) is 0 Å². The van der Waals surface area contributed by atoms with Gasteiger partial charge in [-0.2, -0.15) is 0 Å². The van der Waals surface area contributed by atoms with Crippen molar-refractivity contribution in [3.63, 3.8) is 0 Å². The van der Waals surface area contributed by atoms with Crippen LogP contribution in [0.5, 0.6) is 0 Å². The van der Waals surface area contributed by atoms with E-state index < -0.39 is 0 Å². The Balaban J connectivity index is 2.37. The predicted molar refractivity (Wildman–Crippen MR) is 73.6 cm³/mol. The molecule has 3 N–H and O–H groups in total. The van der Waals surface area contributed by atoms with Crippen LogP contribution in [0.15, 0.2) is 24.3 Å². The summed E-state index contributed by atoms with van der Waals surface area (Å²) >= 11 is 0. The van der Waals surface area contributed by atoms with Gasteiger partial charge in [0.25, 0.3) is 5.91 Å². The molecule has 0 fully saturated rings. The van der Waals surface area contributed by atoms with E-state index in [0.717, 1.165) is 10.9 Å². The van der Waals surface area contributed by atoms with Crippen LogP contribution in [0.2, 0.25) is 0 Å². The summed E-state index contributed by atoms with van der Waals surface area (Å²) in [6.45, 7) is 4.40. The van der Waals surface area contributed by atoms with Gasteiger partial charge in [-0.25, -0.2) is 0 Å². The Hall–Kier alpha value is -1.81. The number of amides is 1. The zero-order valence-corrected chi connectivity index (χ0v) is 11.0. The van der Waals surface area contributed by atoms with Crippen LogP contribution in [0.4, 0.5) is 0 Å². The highest BCUT2D eigenvalue weighted by Gasteiger charge is 2.14. The zero-order chi connectivity index (χ0) is 13.3. The topological polar surface area (TPSA) is 60.1 Å². The van der Waals surface area contributed by atoms with Crippen molar-refractivity contribution in [1.29, 1.82) is 0 Å². The fourth-order valence-electron chi connectivity index (χ4n) is 2.18. The van der Waals surface area contributed by atoms with E-state index >= 15 is 0 Å². The number of carbonyl (C=O) groups excluding carboxylic acids is 1. The Bertz CT molecular complexity index is 584. The molecule has 1 aromatic heterocycles. The molecule has 1 heterocycles. The van der Waals surface area contributed by atoms with E-state index in [1.54, 1.807) is 0 Å². The number of nitrogens with one attached hydrogen (secondary N) is 1. The third-order valence-electron chi connectivity index (χ3n) is 3.08. The summed E-state index contributed by atoms with van der Waals surface area (Å²) in [5.74, 6) is -0.0783. The van der Waals surface area contributed by atoms with Gasteiger partial charge in [0.05, 0.1) is 5.52 Å². The summed E-state index contributed by atoms with van der Waals surface area (Å²) in [6, 6.07) is 7.95. The number of nitrogens with zero attached hydrogens (tertiary/aromatic N) is 1. The number of aryl methyl sites for hydroxylation is 2. The number of para-hydroxylation sites is 1. The van der Waals surface area contributed by atoms with Gasteiger partial charge in [0.1, 0.15) is 5.69 Å².